The maximum absolute atomic E-state index is 13.4. The molecule has 0 fully saturated rings. The number of para-hydroxylation sites is 1. The lowest BCUT2D eigenvalue weighted by molar-refractivity contribution is 0.262. The Balaban J connectivity index is 2.10. The van der Waals surface area contributed by atoms with Crippen LogP contribution in [0.15, 0.2) is 42.5 Å². The summed E-state index contributed by atoms with van der Waals surface area (Å²) in [6, 6.07) is 10.7. The Kier molecular flexibility index (Phi) is 3.66. The summed E-state index contributed by atoms with van der Waals surface area (Å²) in [6.07, 6.45) is 0. The van der Waals surface area contributed by atoms with Gasteiger partial charge in [0.25, 0.3) is 0 Å². The van der Waals surface area contributed by atoms with Crippen molar-refractivity contribution in [1.29, 1.82) is 0 Å². The van der Waals surface area contributed by atoms with Gasteiger partial charge in [-0.05, 0) is 36.8 Å². The van der Waals surface area contributed by atoms with Gasteiger partial charge >= 0.3 is 6.03 Å². The summed E-state index contributed by atoms with van der Waals surface area (Å²) in [5, 5.41) is 5.01. The fourth-order valence-corrected chi connectivity index (χ4v) is 1.62. The zero-order chi connectivity index (χ0) is 13.8. The van der Waals surface area contributed by atoms with Crippen LogP contribution in [0.5, 0.6) is 0 Å². The average molecular weight is 259 g/mol. The van der Waals surface area contributed by atoms with Gasteiger partial charge in [-0.2, -0.15) is 0 Å². The second-order valence-electron chi connectivity index (χ2n) is 4.15. The average Bonchev–Trinajstić information content (AvgIpc) is 2.37. The van der Waals surface area contributed by atoms with Crippen molar-refractivity contribution in [1.82, 2.24) is 0 Å². The number of benzene rings is 2. The second-order valence-corrected chi connectivity index (χ2v) is 4.15. The molecule has 2 aromatic rings. The number of nitrogens with two attached hydrogens (primary N) is 1. The predicted molar refractivity (Wildman–Crippen MR) is 74.6 cm³/mol. The van der Waals surface area contributed by atoms with Crippen LogP contribution in [-0.2, 0) is 0 Å². The van der Waals surface area contributed by atoms with Crippen LogP contribution in [-0.4, -0.2) is 6.03 Å². The zero-order valence-electron chi connectivity index (χ0n) is 10.4. The number of urea groups is 1. The number of halogens is 1. The Morgan fingerprint density at radius 2 is 1.79 bits per heavy atom. The van der Waals surface area contributed by atoms with E-state index in [1.54, 1.807) is 24.3 Å². The molecule has 0 aliphatic carbocycles. The fourth-order valence-electron chi connectivity index (χ4n) is 1.62. The van der Waals surface area contributed by atoms with Crippen molar-refractivity contribution in [3.63, 3.8) is 0 Å². The molecule has 0 saturated heterocycles. The minimum absolute atomic E-state index is 0.117. The van der Waals surface area contributed by atoms with Gasteiger partial charge in [0, 0.05) is 0 Å². The van der Waals surface area contributed by atoms with Crippen LogP contribution in [0.3, 0.4) is 0 Å². The summed E-state index contributed by atoms with van der Waals surface area (Å²) in [6.45, 7) is 1.89. The Morgan fingerprint density at radius 3 is 2.53 bits per heavy atom. The van der Waals surface area contributed by atoms with Crippen molar-refractivity contribution in [2.75, 3.05) is 16.4 Å². The standard InChI is InChI=1S/C14H14FN3O/c1-9-6-7-11(16)13(8-9)18-14(19)17-12-5-3-2-4-10(12)15/h2-8H,16H2,1H3,(H2,17,18,19). The number of nitrogen functional groups attached to an aromatic ring is 1. The third kappa shape index (κ3) is 3.22. The lowest BCUT2D eigenvalue weighted by Crippen LogP contribution is -2.20. The maximum Gasteiger partial charge on any atom is 0.323 e. The molecule has 0 unspecified atom stereocenters. The van der Waals surface area contributed by atoms with Gasteiger partial charge < -0.3 is 16.4 Å². The number of aryl methyl sites for hydroxylation is 1. The molecule has 0 bridgehead atoms. The molecule has 19 heavy (non-hydrogen) atoms. The largest absolute Gasteiger partial charge is 0.397 e. The van der Waals surface area contributed by atoms with Crippen molar-refractivity contribution in [2.24, 2.45) is 0 Å². The van der Waals surface area contributed by atoms with Crippen molar-refractivity contribution in [2.45, 2.75) is 6.92 Å². The smallest absolute Gasteiger partial charge is 0.323 e. The number of hydrogen-bond donors (Lipinski definition) is 3. The molecule has 2 amide bonds. The summed E-state index contributed by atoms with van der Waals surface area (Å²) in [7, 11) is 0. The van der Waals surface area contributed by atoms with E-state index >= 15 is 0 Å². The molecule has 0 aromatic heterocycles. The van der Waals surface area contributed by atoms with Crippen LogP contribution in [0, 0.1) is 12.7 Å². The molecule has 0 aliphatic rings. The molecule has 4 N–H and O–H groups in total. The van der Waals surface area contributed by atoms with E-state index in [9.17, 15) is 9.18 Å². The second kappa shape index (κ2) is 5.39. The van der Waals surface area contributed by atoms with Crippen molar-refractivity contribution >= 4 is 23.1 Å². The fraction of sp³-hybridized carbons (Fsp3) is 0.0714. The quantitative estimate of drug-likeness (QED) is 0.724. The molecule has 0 radical (unpaired) electrons. The molecule has 0 heterocycles. The summed E-state index contributed by atoms with van der Waals surface area (Å²) in [4.78, 5) is 11.8. The normalized spacial score (nSPS) is 10.0. The zero-order valence-corrected chi connectivity index (χ0v) is 10.4. The van der Waals surface area contributed by atoms with Crippen LogP contribution in [0.1, 0.15) is 5.56 Å². The van der Waals surface area contributed by atoms with Crippen molar-refractivity contribution in [3.8, 4) is 0 Å². The third-order valence-electron chi connectivity index (χ3n) is 2.58. The van der Waals surface area contributed by atoms with E-state index < -0.39 is 11.8 Å². The van der Waals surface area contributed by atoms with E-state index in [1.165, 1.54) is 12.1 Å². The first-order valence-electron chi connectivity index (χ1n) is 5.75. The molecular formula is C14H14FN3O. The van der Waals surface area contributed by atoms with Gasteiger partial charge in [-0.3, -0.25) is 0 Å². The van der Waals surface area contributed by atoms with E-state index in [4.69, 9.17) is 5.73 Å². The first-order valence-corrected chi connectivity index (χ1v) is 5.75. The molecular weight excluding hydrogens is 245 g/mol. The molecule has 2 aromatic carbocycles. The third-order valence-corrected chi connectivity index (χ3v) is 2.58. The van der Waals surface area contributed by atoms with Crippen LogP contribution in [0.4, 0.5) is 26.2 Å². The highest BCUT2D eigenvalue weighted by Gasteiger charge is 2.08. The lowest BCUT2D eigenvalue weighted by Gasteiger charge is -2.10. The van der Waals surface area contributed by atoms with Gasteiger partial charge in [-0.15, -0.1) is 0 Å². The number of hydrogen-bond acceptors (Lipinski definition) is 2. The topological polar surface area (TPSA) is 67.1 Å². The van der Waals surface area contributed by atoms with E-state index in [-0.39, 0.29) is 5.69 Å². The number of amides is 2. The maximum atomic E-state index is 13.4. The highest BCUT2D eigenvalue weighted by Crippen LogP contribution is 2.20. The van der Waals surface area contributed by atoms with E-state index in [2.05, 4.69) is 10.6 Å². The number of carbonyl (C=O) groups is 1. The SMILES string of the molecule is Cc1ccc(N)c(NC(=O)Nc2ccccc2F)c1. The van der Waals surface area contributed by atoms with E-state index in [0.29, 0.717) is 11.4 Å². The van der Waals surface area contributed by atoms with Gasteiger partial charge in [-0.1, -0.05) is 18.2 Å². The van der Waals surface area contributed by atoms with E-state index in [0.717, 1.165) is 5.56 Å². The number of carbonyl (C=O) groups excluding carboxylic acids is 1. The number of nitrogens with one attached hydrogen (secondary N) is 2. The van der Waals surface area contributed by atoms with E-state index in [1.807, 2.05) is 13.0 Å². The van der Waals surface area contributed by atoms with Crippen molar-refractivity contribution < 1.29 is 9.18 Å². The lowest BCUT2D eigenvalue weighted by atomic mass is 10.2. The summed E-state index contributed by atoms with van der Waals surface area (Å²) < 4.78 is 13.4. The minimum atomic E-state index is -0.539. The highest BCUT2D eigenvalue weighted by atomic mass is 19.1. The Morgan fingerprint density at radius 1 is 1.11 bits per heavy atom. The molecule has 5 heteroatoms. The molecule has 2 rings (SSSR count). The molecule has 98 valence electrons. The number of anilines is 3. The van der Waals surface area contributed by atoms with Gasteiger partial charge in [0.15, 0.2) is 0 Å². The Labute approximate surface area is 110 Å². The van der Waals surface area contributed by atoms with Crippen LogP contribution >= 0.6 is 0 Å². The van der Waals surface area contributed by atoms with Gasteiger partial charge in [-0.25, -0.2) is 9.18 Å². The van der Waals surface area contributed by atoms with Crippen LogP contribution in [0.25, 0.3) is 0 Å². The summed E-state index contributed by atoms with van der Waals surface area (Å²) in [5.74, 6) is -0.491. The number of rotatable bonds is 2. The molecule has 0 spiro atoms. The van der Waals surface area contributed by atoms with Crippen LogP contribution < -0.4 is 16.4 Å². The van der Waals surface area contributed by atoms with Crippen LogP contribution in [0.2, 0.25) is 0 Å². The Hall–Kier alpha value is -2.56. The highest BCUT2D eigenvalue weighted by molar-refractivity contribution is 6.01. The predicted octanol–water partition coefficient (Wildman–Crippen LogP) is 3.36. The molecule has 0 aliphatic heterocycles. The minimum Gasteiger partial charge on any atom is -0.397 e. The monoisotopic (exact) mass is 259 g/mol. The molecule has 0 atom stereocenters. The van der Waals surface area contributed by atoms with Gasteiger partial charge in [0.05, 0.1) is 17.1 Å². The van der Waals surface area contributed by atoms with Crippen molar-refractivity contribution in [3.05, 3.63) is 53.8 Å². The summed E-state index contributed by atoms with van der Waals surface area (Å²) >= 11 is 0. The first kappa shape index (κ1) is 12.9. The summed E-state index contributed by atoms with van der Waals surface area (Å²) in [5.41, 5.74) is 7.78. The molecule has 4 nitrogen and oxygen atoms in total. The molecule has 0 saturated carbocycles. The Bertz CT molecular complexity index is 613. The van der Waals surface area contributed by atoms with Gasteiger partial charge in [0.1, 0.15) is 5.82 Å². The van der Waals surface area contributed by atoms with Gasteiger partial charge in [0.2, 0.25) is 0 Å². The first-order chi connectivity index (χ1) is 9.06.